The van der Waals surface area contributed by atoms with Crippen LogP contribution in [-0.4, -0.2) is 65.4 Å². The highest BCUT2D eigenvalue weighted by Gasteiger charge is 2.36. The summed E-state index contributed by atoms with van der Waals surface area (Å²) in [6.45, 7) is 3.55. The van der Waals surface area contributed by atoms with Crippen molar-refractivity contribution in [2.75, 3.05) is 19.6 Å². The number of carboxylic acids is 1. The van der Waals surface area contributed by atoms with Crippen molar-refractivity contribution < 1.29 is 24.3 Å². The summed E-state index contributed by atoms with van der Waals surface area (Å²) < 4.78 is 0. The van der Waals surface area contributed by atoms with E-state index in [0.29, 0.717) is 25.8 Å². The quantitative estimate of drug-likeness (QED) is 0.430. The first-order valence-corrected chi connectivity index (χ1v) is 8.11. The maximum atomic E-state index is 12.4. The Hall–Kier alpha value is -2.16. The third-order valence-corrected chi connectivity index (χ3v) is 4.27. The molecular weight excluding hydrogens is 316 g/mol. The minimum Gasteiger partial charge on any atom is -0.480 e. The van der Waals surface area contributed by atoms with E-state index in [4.69, 9.17) is 5.73 Å². The number of hydrogen-bond acceptors (Lipinski definition) is 5. The van der Waals surface area contributed by atoms with Gasteiger partial charge in [-0.15, -0.1) is 0 Å². The number of aliphatic carboxylic acids is 1. The third kappa shape index (κ3) is 5.19. The molecule has 0 aromatic carbocycles. The number of nitrogens with zero attached hydrogens (tertiary/aromatic N) is 1. The Kier molecular flexibility index (Phi) is 7.63. The van der Waals surface area contributed by atoms with Gasteiger partial charge in [0, 0.05) is 6.54 Å². The first-order chi connectivity index (χ1) is 11.3. The summed E-state index contributed by atoms with van der Waals surface area (Å²) in [5.41, 5.74) is 5.16. The molecule has 9 nitrogen and oxygen atoms in total. The van der Waals surface area contributed by atoms with Crippen molar-refractivity contribution in [2.45, 2.75) is 45.2 Å². The molecule has 1 aliphatic heterocycles. The van der Waals surface area contributed by atoms with Crippen LogP contribution >= 0.6 is 0 Å². The van der Waals surface area contributed by atoms with Gasteiger partial charge in [0.15, 0.2) is 0 Å². The zero-order valence-electron chi connectivity index (χ0n) is 14.1. The highest BCUT2D eigenvalue weighted by molar-refractivity contribution is 5.92. The molecule has 9 heteroatoms. The Morgan fingerprint density at radius 2 is 2.00 bits per heavy atom. The fourth-order valence-electron chi connectivity index (χ4n) is 2.62. The van der Waals surface area contributed by atoms with E-state index in [1.54, 1.807) is 6.92 Å². The molecule has 1 aliphatic rings. The van der Waals surface area contributed by atoms with E-state index < -0.39 is 29.9 Å². The second kappa shape index (κ2) is 9.21. The fraction of sp³-hybridized carbons (Fsp3) is 0.733. The molecule has 0 bridgehead atoms. The number of carboxylic acid groups (broad SMARTS) is 1. The summed E-state index contributed by atoms with van der Waals surface area (Å²) in [5, 5.41) is 14.2. The summed E-state index contributed by atoms with van der Waals surface area (Å²) in [7, 11) is 0. The van der Waals surface area contributed by atoms with Crippen molar-refractivity contribution in [3.05, 3.63) is 0 Å². The maximum absolute atomic E-state index is 12.4. The Morgan fingerprint density at radius 1 is 1.33 bits per heavy atom. The predicted molar refractivity (Wildman–Crippen MR) is 85.8 cm³/mol. The van der Waals surface area contributed by atoms with Crippen molar-refractivity contribution >= 4 is 23.7 Å². The Labute approximate surface area is 140 Å². The van der Waals surface area contributed by atoms with E-state index in [2.05, 4.69) is 10.6 Å². The van der Waals surface area contributed by atoms with Crippen LogP contribution in [0.5, 0.6) is 0 Å². The van der Waals surface area contributed by atoms with Gasteiger partial charge in [-0.2, -0.15) is 0 Å². The van der Waals surface area contributed by atoms with E-state index in [1.807, 2.05) is 6.92 Å². The molecule has 1 rings (SSSR count). The standard InChI is InChI=1S/C15H26N4O5/c1-3-9(2)13(15(23)24)18-14(22)10-5-4-6-19(10)12(21)8-17-11(20)7-16/h9-10,13H,3-8,16H2,1-2H3,(H,17,20)(H,18,22)(H,23,24)/t9?,10-,13-/m0/s1. The van der Waals surface area contributed by atoms with Gasteiger partial charge in [-0.1, -0.05) is 20.3 Å². The van der Waals surface area contributed by atoms with Gasteiger partial charge in [-0.05, 0) is 18.8 Å². The summed E-state index contributed by atoms with van der Waals surface area (Å²) in [5.74, 6) is -2.63. The average Bonchev–Trinajstić information content (AvgIpc) is 3.05. The minimum absolute atomic E-state index is 0.216. The maximum Gasteiger partial charge on any atom is 0.326 e. The Bertz CT molecular complexity index is 496. The van der Waals surface area contributed by atoms with Crippen molar-refractivity contribution in [3.63, 3.8) is 0 Å². The lowest BCUT2D eigenvalue weighted by Crippen LogP contribution is -2.54. The molecule has 1 heterocycles. The lowest BCUT2D eigenvalue weighted by molar-refractivity contribution is -0.145. The molecule has 3 amide bonds. The number of nitrogens with one attached hydrogen (secondary N) is 2. The van der Waals surface area contributed by atoms with E-state index in [0.717, 1.165) is 0 Å². The monoisotopic (exact) mass is 342 g/mol. The molecule has 5 N–H and O–H groups in total. The molecule has 3 atom stereocenters. The summed E-state index contributed by atoms with van der Waals surface area (Å²) in [6.07, 6.45) is 1.72. The highest BCUT2D eigenvalue weighted by atomic mass is 16.4. The van der Waals surface area contributed by atoms with Gasteiger partial charge >= 0.3 is 5.97 Å². The van der Waals surface area contributed by atoms with E-state index in [-0.39, 0.29) is 24.9 Å². The lowest BCUT2D eigenvalue weighted by Gasteiger charge is -2.27. The largest absolute Gasteiger partial charge is 0.480 e. The zero-order valence-corrected chi connectivity index (χ0v) is 14.1. The molecule has 0 aliphatic carbocycles. The summed E-state index contributed by atoms with van der Waals surface area (Å²) in [4.78, 5) is 48.4. The van der Waals surface area contributed by atoms with Gasteiger partial charge in [0.25, 0.3) is 0 Å². The number of likely N-dealkylation sites (tertiary alicyclic amines) is 1. The van der Waals surface area contributed by atoms with Gasteiger partial charge in [-0.25, -0.2) is 4.79 Å². The Morgan fingerprint density at radius 3 is 2.54 bits per heavy atom. The molecule has 1 fully saturated rings. The van der Waals surface area contributed by atoms with Crippen LogP contribution in [0.25, 0.3) is 0 Å². The molecule has 0 aromatic rings. The molecule has 1 unspecified atom stereocenters. The first kappa shape index (κ1) is 19.9. The fourth-order valence-corrected chi connectivity index (χ4v) is 2.62. The van der Waals surface area contributed by atoms with Crippen LogP contribution in [0.4, 0.5) is 0 Å². The molecule has 1 saturated heterocycles. The number of carbonyl (C=O) groups excluding carboxylic acids is 3. The molecule has 0 saturated carbocycles. The minimum atomic E-state index is -1.09. The van der Waals surface area contributed by atoms with E-state index in [9.17, 15) is 24.3 Å². The van der Waals surface area contributed by atoms with Crippen LogP contribution in [0, 0.1) is 5.92 Å². The predicted octanol–water partition coefficient (Wildman–Crippen LogP) is -1.33. The normalized spacial score (nSPS) is 19.5. The molecule has 0 aromatic heterocycles. The Balaban J connectivity index is 2.69. The van der Waals surface area contributed by atoms with Gasteiger partial charge < -0.3 is 26.4 Å². The molecule has 0 radical (unpaired) electrons. The van der Waals surface area contributed by atoms with Crippen molar-refractivity contribution in [3.8, 4) is 0 Å². The summed E-state index contributed by atoms with van der Waals surface area (Å²) in [6, 6.07) is -1.70. The van der Waals surface area contributed by atoms with Crippen LogP contribution < -0.4 is 16.4 Å². The summed E-state index contributed by atoms with van der Waals surface area (Å²) >= 11 is 0. The molecule has 24 heavy (non-hydrogen) atoms. The third-order valence-electron chi connectivity index (χ3n) is 4.27. The molecule has 0 spiro atoms. The smallest absolute Gasteiger partial charge is 0.326 e. The number of rotatable bonds is 8. The number of carbonyl (C=O) groups is 4. The SMILES string of the molecule is CCC(C)[C@H](NC(=O)[C@@H]1CCCN1C(=O)CNC(=O)CN)C(=O)O. The van der Waals surface area contributed by atoms with Gasteiger partial charge in [0.1, 0.15) is 12.1 Å². The van der Waals surface area contributed by atoms with Gasteiger partial charge in [0.2, 0.25) is 17.7 Å². The molecule has 136 valence electrons. The average molecular weight is 342 g/mol. The topological polar surface area (TPSA) is 142 Å². The number of amides is 3. The van der Waals surface area contributed by atoms with Gasteiger partial charge in [0.05, 0.1) is 13.1 Å². The molecular formula is C15H26N4O5. The number of nitrogens with two attached hydrogens (primary N) is 1. The van der Waals surface area contributed by atoms with Crippen LogP contribution in [-0.2, 0) is 19.2 Å². The second-order valence-electron chi connectivity index (χ2n) is 5.94. The van der Waals surface area contributed by atoms with Crippen molar-refractivity contribution in [1.82, 2.24) is 15.5 Å². The van der Waals surface area contributed by atoms with Gasteiger partial charge in [-0.3, -0.25) is 14.4 Å². The zero-order chi connectivity index (χ0) is 18.3. The first-order valence-electron chi connectivity index (χ1n) is 8.11. The second-order valence-corrected chi connectivity index (χ2v) is 5.94. The number of hydrogen-bond donors (Lipinski definition) is 4. The van der Waals surface area contributed by atoms with E-state index in [1.165, 1.54) is 4.90 Å². The van der Waals surface area contributed by atoms with Crippen molar-refractivity contribution in [2.24, 2.45) is 11.7 Å². The van der Waals surface area contributed by atoms with Crippen LogP contribution in [0.2, 0.25) is 0 Å². The van der Waals surface area contributed by atoms with Crippen LogP contribution in [0.3, 0.4) is 0 Å². The van der Waals surface area contributed by atoms with Crippen LogP contribution in [0.1, 0.15) is 33.1 Å². The lowest BCUT2D eigenvalue weighted by atomic mass is 9.99. The van der Waals surface area contributed by atoms with Crippen LogP contribution in [0.15, 0.2) is 0 Å². The van der Waals surface area contributed by atoms with Crippen molar-refractivity contribution in [1.29, 1.82) is 0 Å². The highest BCUT2D eigenvalue weighted by Crippen LogP contribution is 2.18. The van der Waals surface area contributed by atoms with E-state index >= 15 is 0 Å².